The highest BCUT2D eigenvalue weighted by atomic mass is 16.3. The van der Waals surface area contributed by atoms with E-state index in [1.54, 1.807) is 0 Å². The van der Waals surface area contributed by atoms with Crippen LogP contribution in [0.25, 0.3) is 11.3 Å². The summed E-state index contributed by atoms with van der Waals surface area (Å²) in [5.41, 5.74) is 1.08. The van der Waals surface area contributed by atoms with E-state index in [1.807, 2.05) is 61.5 Å². The smallest absolute Gasteiger partial charge is 0.134 e. The van der Waals surface area contributed by atoms with Gasteiger partial charge in [-0.05, 0) is 26.2 Å². The van der Waals surface area contributed by atoms with E-state index in [0.717, 1.165) is 17.1 Å². The van der Waals surface area contributed by atoms with E-state index < -0.39 is 0 Å². The van der Waals surface area contributed by atoms with Gasteiger partial charge in [0, 0.05) is 18.7 Å². The predicted molar refractivity (Wildman–Crippen MR) is 80.4 cm³/mol. The van der Waals surface area contributed by atoms with E-state index in [9.17, 15) is 5.11 Å². The van der Waals surface area contributed by atoms with Gasteiger partial charge >= 0.3 is 0 Å². The van der Waals surface area contributed by atoms with Crippen molar-refractivity contribution in [1.82, 2.24) is 10.2 Å². The van der Waals surface area contributed by atoms with Crippen molar-refractivity contribution in [3.63, 3.8) is 0 Å². The number of hydrogen-bond acceptors (Lipinski definition) is 4. The first kappa shape index (κ1) is 14.8. The minimum absolute atomic E-state index is 0.367. The van der Waals surface area contributed by atoms with Gasteiger partial charge in [-0.2, -0.15) is 0 Å². The zero-order chi connectivity index (χ0) is 14.4. The molecule has 2 aromatic rings. The van der Waals surface area contributed by atoms with Crippen LogP contribution in [0.1, 0.15) is 5.76 Å². The summed E-state index contributed by atoms with van der Waals surface area (Å²) < 4.78 is 5.78. The summed E-state index contributed by atoms with van der Waals surface area (Å²) in [4.78, 5) is 1.97. The van der Waals surface area contributed by atoms with Crippen LogP contribution in [0.3, 0.4) is 0 Å². The van der Waals surface area contributed by atoms with Crippen molar-refractivity contribution < 1.29 is 9.52 Å². The molecule has 1 heterocycles. The maximum absolute atomic E-state index is 9.75. The van der Waals surface area contributed by atoms with Crippen LogP contribution in [0.2, 0.25) is 0 Å². The number of furan rings is 1. The summed E-state index contributed by atoms with van der Waals surface area (Å²) in [6.07, 6.45) is -0.367. The van der Waals surface area contributed by atoms with Crippen LogP contribution < -0.4 is 5.32 Å². The fourth-order valence-electron chi connectivity index (χ4n) is 2.08. The van der Waals surface area contributed by atoms with Crippen LogP contribution >= 0.6 is 0 Å². The van der Waals surface area contributed by atoms with Crippen molar-refractivity contribution in [2.24, 2.45) is 0 Å². The van der Waals surface area contributed by atoms with E-state index in [0.29, 0.717) is 19.6 Å². The Morgan fingerprint density at radius 3 is 2.60 bits per heavy atom. The van der Waals surface area contributed by atoms with Crippen molar-refractivity contribution in [2.45, 2.75) is 12.6 Å². The summed E-state index contributed by atoms with van der Waals surface area (Å²) in [6.45, 7) is 1.83. The van der Waals surface area contributed by atoms with Gasteiger partial charge in [-0.15, -0.1) is 0 Å². The van der Waals surface area contributed by atoms with Crippen LogP contribution in [0.4, 0.5) is 0 Å². The largest absolute Gasteiger partial charge is 0.460 e. The molecule has 0 fully saturated rings. The molecule has 0 amide bonds. The molecule has 4 heteroatoms. The van der Waals surface area contributed by atoms with E-state index in [-0.39, 0.29) is 6.10 Å². The molecule has 0 aliphatic rings. The lowest BCUT2D eigenvalue weighted by molar-refractivity contribution is 0.134. The number of hydrogen-bond donors (Lipinski definition) is 2. The monoisotopic (exact) mass is 274 g/mol. The molecule has 2 rings (SSSR count). The Balaban J connectivity index is 1.82. The molecular weight excluding hydrogens is 252 g/mol. The van der Waals surface area contributed by atoms with E-state index in [1.165, 1.54) is 0 Å². The van der Waals surface area contributed by atoms with Crippen molar-refractivity contribution in [3.8, 4) is 11.3 Å². The number of likely N-dealkylation sites (N-methyl/N-ethyl adjacent to an activating group) is 1. The second-order valence-electron chi connectivity index (χ2n) is 5.18. The average Bonchev–Trinajstić information content (AvgIpc) is 2.88. The first-order valence-corrected chi connectivity index (χ1v) is 6.83. The van der Waals surface area contributed by atoms with Crippen molar-refractivity contribution >= 4 is 0 Å². The normalized spacial score (nSPS) is 12.8. The molecule has 4 nitrogen and oxygen atoms in total. The van der Waals surface area contributed by atoms with Crippen LogP contribution in [-0.2, 0) is 6.54 Å². The Hall–Kier alpha value is -1.62. The topological polar surface area (TPSA) is 48.6 Å². The van der Waals surface area contributed by atoms with E-state index in [4.69, 9.17) is 4.42 Å². The predicted octanol–water partition coefficient (Wildman–Crippen LogP) is 1.96. The maximum Gasteiger partial charge on any atom is 0.134 e. The van der Waals surface area contributed by atoms with Gasteiger partial charge < -0.3 is 19.7 Å². The molecule has 0 bridgehead atoms. The number of rotatable bonds is 7. The lowest BCUT2D eigenvalue weighted by atomic mass is 10.2. The second-order valence-corrected chi connectivity index (χ2v) is 5.18. The first-order valence-electron chi connectivity index (χ1n) is 6.83. The average molecular weight is 274 g/mol. The molecule has 1 aromatic carbocycles. The van der Waals surface area contributed by atoms with Gasteiger partial charge in [-0.3, -0.25) is 0 Å². The number of nitrogens with zero attached hydrogens (tertiary/aromatic N) is 1. The van der Waals surface area contributed by atoms with Crippen molar-refractivity contribution in [1.29, 1.82) is 0 Å². The fourth-order valence-corrected chi connectivity index (χ4v) is 2.08. The molecule has 0 spiro atoms. The van der Waals surface area contributed by atoms with Gasteiger partial charge in [0.05, 0.1) is 12.6 Å². The van der Waals surface area contributed by atoms with Crippen LogP contribution in [-0.4, -0.2) is 43.3 Å². The van der Waals surface area contributed by atoms with Gasteiger partial charge in [0.25, 0.3) is 0 Å². The fraction of sp³-hybridized carbons (Fsp3) is 0.375. The number of nitrogens with one attached hydrogen (secondary N) is 1. The minimum atomic E-state index is -0.367. The molecule has 1 atom stereocenters. The van der Waals surface area contributed by atoms with Gasteiger partial charge in [0.1, 0.15) is 11.5 Å². The summed E-state index contributed by atoms with van der Waals surface area (Å²) in [5, 5.41) is 12.9. The van der Waals surface area contributed by atoms with Crippen molar-refractivity contribution in [2.75, 3.05) is 27.2 Å². The Kier molecular flexibility index (Phi) is 5.35. The second kappa shape index (κ2) is 7.24. The Labute approximate surface area is 120 Å². The molecule has 1 unspecified atom stereocenters. The lowest BCUT2D eigenvalue weighted by Gasteiger charge is -2.15. The van der Waals surface area contributed by atoms with E-state index in [2.05, 4.69) is 5.32 Å². The van der Waals surface area contributed by atoms with Gasteiger partial charge in [-0.1, -0.05) is 30.3 Å². The van der Waals surface area contributed by atoms with Crippen LogP contribution in [0.5, 0.6) is 0 Å². The van der Waals surface area contributed by atoms with Crippen molar-refractivity contribution in [3.05, 3.63) is 48.2 Å². The van der Waals surface area contributed by atoms with Gasteiger partial charge in [-0.25, -0.2) is 0 Å². The van der Waals surface area contributed by atoms with E-state index >= 15 is 0 Å². The maximum atomic E-state index is 9.75. The standard InChI is InChI=1S/C16H22N2O2/c1-18(2)12-14(19)10-17-11-15-8-9-16(20-15)13-6-4-3-5-7-13/h3-9,14,17,19H,10-12H2,1-2H3. The van der Waals surface area contributed by atoms with Gasteiger partial charge in [0.2, 0.25) is 0 Å². The summed E-state index contributed by atoms with van der Waals surface area (Å²) in [6, 6.07) is 14.0. The molecule has 2 N–H and O–H groups in total. The molecule has 0 aliphatic heterocycles. The highest BCUT2D eigenvalue weighted by molar-refractivity contribution is 5.57. The molecule has 0 saturated heterocycles. The Morgan fingerprint density at radius 2 is 1.90 bits per heavy atom. The van der Waals surface area contributed by atoms with Crippen LogP contribution in [0.15, 0.2) is 46.9 Å². The highest BCUT2D eigenvalue weighted by Gasteiger charge is 2.07. The molecule has 20 heavy (non-hydrogen) atoms. The van der Waals surface area contributed by atoms with Crippen LogP contribution in [0, 0.1) is 0 Å². The summed E-state index contributed by atoms with van der Waals surface area (Å²) in [5.74, 6) is 1.75. The third-order valence-electron chi connectivity index (χ3n) is 2.98. The third-order valence-corrected chi connectivity index (χ3v) is 2.98. The minimum Gasteiger partial charge on any atom is -0.460 e. The zero-order valence-corrected chi connectivity index (χ0v) is 12.0. The third kappa shape index (κ3) is 4.49. The Bertz CT molecular complexity index is 508. The lowest BCUT2D eigenvalue weighted by Crippen LogP contribution is -2.34. The number of aliphatic hydroxyl groups is 1. The molecule has 108 valence electrons. The molecule has 0 aliphatic carbocycles. The molecule has 1 aromatic heterocycles. The number of aliphatic hydroxyl groups excluding tert-OH is 1. The summed E-state index contributed by atoms with van der Waals surface area (Å²) >= 11 is 0. The molecular formula is C16H22N2O2. The molecule has 0 saturated carbocycles. The summed E-state index contributed by atoms with van der Waals surface area (Å²) in [7, 11) is 3.89. The van der Waals surface area contributed by atoms with Gasteiger partial charge in [0.15, 0.2) is 0 Å². The first-order chi connectivity index (χ1) is 9.65. The SMILES string of the molecule is CN(C)CC(O)CNCc1ccc(-c2ccccc2)o1. The quantitative estimate of drug-likeness (QED) is 0.810. The molecule has 0 radical (unpaired) electrons. The number of benzene rings is 1. The Morgan fingerprint density at radius 1 is 1.15 bits per heavy atom. The zero-order valence-electron chi connectivity index (χ0n) is 12.0. The highest BCUT2D eigenvalue weighted by Crippen LogP contribution is 2.21.